The first-order valence-corrected chi connectivity index (χ1v) is 8.08. The van der Waals surface area contributed by atoms with Crippen molar-refractivity contribution < 1.29 is 14.3 Å². The normalized spacial score (nSPS) is 16.8. The van der Waals surface area contributed by atoms with Gasteiger partial charge in [-0.2, -0.15) is 5.10 Å². The molecule has 1 aliphatic rings. The zero-order chi connectivity index (χ0) is 17.4. The first kappa shape index (κ1) is 16.4. The lowest BCUT2D eigenvalue weighted by molar-refractivity contribution is -0.116. The summed E-state index contributed by atoms with van der Waals surface area (Å²) in [6.45, 7) is 5.92. The van der Waals surface area contributed by atoms with Gasteiger partial charge in [0, 0.05) is 24.9 Å². The van der Waals surface area contributed by atoms with Gasteiger partial charge in [-0.25, -0.2) is 0 Å². The number of nitrogens with one attached hydrogen (secondary N) is 1. The highest BCUT2D eigenvalue weighted by Crippen LogP contribution is 2.41. The molecule has 1 N–H and O–H groups in total. The van der Waals surface area contributed by atoms with E-state index in [1.807, 2.05) is 46.0 Å². The molecule has 6 nitrogen and oxygen atoms in total. The molecule has 0 saturated heterocycles. The Morgan fingerprint density at radius 2 is 2.08 bits per heavy atom. The molecule has 128 valence electrons. The van der Waals surface area contributed by atoms with Crippen molar-refractivity contribution in [3.8, 4) is 11.5 Å². The van der Waals surface area contributed by atoms with Crippen LogP contribution in [0.15, 0.2) is 18.2 Å². The van der Waals surface area contributed by atoms with E-state index in [0.29, 0.717) is 17.9 Å². The van der Waals surface area contributed by atoms with Gasteiger partial charge in [-0.05, 0) is 38.5 Å². The van der Waals surface area contributed by atoms with Crippen LogP contribution in [0.2, 0.25) is 0 Å². The van der Waals surface area contributed by atoms with Crippen LogP contribution >= 0.6 is 0 Å². The molecule has 6 heteroatoms. The number of aryl methyl sites for hydroxylation is 2. The predicted molar refractivity (Wildman–Crippen MR) is 91.8 cm³/mol. The summed E-state index contributed by atoms with van der Waals surface area (Å²) >= 11 is 0. The Labute approximate surface area is 141 Å². The molecule has 0 unspecified atom stereocenters. The van der Waals surface area contributed by atoms with E-state index in [0.717, 1.165) is 22.6 Å². The highest BCUT2D eigenvalue weighted by atomic mass is 16.5. The van der Waals surface area contributed by atoms with Gasteiger partial charge in [0.15, 0.2) is 11.5 Å². The van der Waals surface area contributed by atoms with E-state index in [9.17, 15) is 4.79 Å². The summed E-state index contributed by atoms with van der Waals surface area (Å²) in [5.41, 5.74) is 3.02. The largest absolute Gasteiger partial charge is 0.493 e. The quantitative estimate of drug-likeness (QED) is 0.936. The molecule has 1 atom stereocenters. The third kappa shape index (κ3) is 2.84. The van der Waals surface area contributed by atoms with E-state index in [1.54, 1.807) is 11.8 Å². The van der Waals surface area contributed by atoms with Gasteiger partial charge in [0.2, 0.25) is 5.91 Å². The molecule has 2 heterocycles. The fourth-order valence-electron chi connectivity index (χ4n) is 3.25. The number of hydrogen-bond donors (Lipinski definition) is 1. The molecule has 0 aliphatic carbocycles. The Bertz CT molecular complexity index is 780. The number of methoxy groups -OCH3 is 1. The maximum Gasteiger partial charge on any atom is 0.226 e. The number of anilines is 1. The van der Waals surface area contributed by atoms with Crippen molar-refractivity contribution in [1.29, 1.82) is 0 Å². The van der Waals surface area contributed by atoms with Gasteiger partial charge in [-0.15, -0.1) is 0 Å². The zero-order valence-electron chi connectivity index (χ0n) is 14.7. The summed E-state index contributed by atoms with van der Waals surface area (Å²) in [5, 5.41) is 7.37. The number of rotatable bonds is 4. The van der Waals surface area contributed by atoms with Crippen LogP contribution in [0.25, 0.3) is 0 Å². The van der Waals surface area contributed by atoms with Gasteiger partial charge in [0.1, 0.15) is 5.82 Å². The number of amides is 1. The second kappa shape index (κ2) is 6.19. The van der Waals surface area contributed by atoms with Gasteiger partial charge in [0.05, 0.1) is 18.9 Å². The highest BCUT2D eigenvalue weighted by Gasteiger charge is 2.32. The van der Waals surface area contributed by atoms with E-state index >= 15 is 0 Å². The van der Waals surface area contributed by atoms with Gasteiger partial charge < -0.3 is 14.8 Å². The minimum atomic E-state index is -0.0375. The van der Waals surface area contributed by atoms with Gasteiger partial charge >= 0.3 is 0 Å². The molecular formula is C18H23N3O3. The standard InChI is InChI=1S/C18H23N3O3/c1-10(2)24-14-7-6-12(8-15(14)23-5)13-9-16(22)19-18-17(13)11(3)20-21(18)4/h6-8,10,13H,9H2,1-5H3,(H,19,22)/t13-/m0/s1. The predicted octanol–water partition coefficient (Wildman–Crippen LogP) is 3.00. The summed E-state index contributed by atoms with van der Waals surface area (Å²) in [4.78, 5) is 12.1. The number of hydrogen-bond acceptors (Lipinski definition) is 4. The van der Waals surface area contributed by atoms with Gasteiger partial charge in [-0.3, -0.25) is 9.48 Å². The lowest BCUT2D eigenvalue weighted by Crippen LogP contribution is -2.24. The maximum absolute atomic E-state index is 12.1. The van der Waals surface area contributed by atoms with Crippen LogP contribution in [0.3, 0.4) is 0 Å². The average molecular weight is 329 g/mol. The maximum atomic E-state index is 12.1. The van der Waals surface area contributed by atoms with E-state index in [1.165, 1.54) is 0 Å². The van der Waals surface area contributed by atoms with Gasteiger partial charge in [-0.1, -0.05) is 6.07 Å². The van der Waals surface area contributed by atoms with Crippen LogP contribution in [-0.2, 0) is 11.8 Å². The third-order valence-corrected chi connectivity index (χ3v) is 4.22. The summed E-state index contributed by atoms with van der Waals surface area (Å²) in [6, 6.07) is 5.86. The fraction of sp³-hybridized carbons (Fsp3) is 0.444. The van der Waals surface area contributed by atoms with E-state index in [4.69, 9.17) is 9.47 Å². The number of ether oxygens (including phenoxy) is 2. The third-order valence-electron chi connectivity index (χ3n) is 4.22. The molecule has 24 heavy (non-hydrogen) atoms. The lowest BCUT2D eigenvalue weighted by Gasteiger charge is -2.25. The molecule has 1 aromatic heterocycles. The first-order valence-electron chi connectivity index (χ1n) is 8.08. The number of nitrogens with zero attached hydrogens (tertiary/aromatic N) is 2. The molecule has 1 aliphatic heterocycles. The Hall–Kier alpha value is -2.50. The number of benzene rings is 1. The Morgan fingerprint density at radius 1 is 1.33 bits per heavy atom. The smallest absolute Gasteiger partial charge is 0.226 e. The minimum Gasteiger partial charge on any atom is -0.493 e. The van der Waals surface area contributed by atoms with Crippen molar-refractivity contribution >= 4 is 11.7 Å². The van der Waals surface area contributed by atoms with Crippen LogP contribution in [0.1, 0.15) is 43.0 Å². The molecule has 0 radical (unpaired) electrons. The van der Waals surface area contributed by atoms with E-state index in [-0.39, 0.29) is 17.9 Å². The zero-order valence-corrected chi connectivity index (χ0v) is 14.7. The van der Waals surface area contributed by atoms with Crippen molar-refractivity contribution in [3.05, 3.63) is 35.0 Å². The van der Waals surface area contributed by atoms with Gasteiger partial charge in [0.25, 0.3) is 0 Å². The van der Waals surface area contributed by atoms with Crippen molar-refractivity contribution in [2.75, 3.05) is 12.4 Å². The number of carbonyl (C=O) groups is 1. The van der Waals surface area contributed by atoms with Crippen molar-refractivity contribution in [1.82, 2.24) is 9.78 Å². The van der Waals surface area contributed by atoms with Crippen LogP contribution < -0.4 is 14.8 Å². The van der Waals surface area contributed by atoms with Crippen molar-refractivity contribution in [2.45, 2.75) is 39.2 Å². The SMILES string of the molecule is COc1cc([C@@H]2CC(=O)Nc3c2c(C)nn3C)ccc1OC(C)C. The van der Waals surface area contributed by atoms with Crippen molar-refractivity contribution in [3.63, 3.8) is 0 Å². The number of carbonyl (C=O) groups excluding carboxylic acids is 1. The molecule has 1 amide bonds. The van der Waals surface area contributed by atoms with Crippen LogP contribution in [0.4, 0.5) is 5.82 Å². The number of fused-ring (bicyclic) bond motifs is 1. The highest BCUT2D eigenvalue weighted by molar-refractivity contribution is 5.94. The fourth-order valence-corrected chi connectivity index (χ4v) is 3.25. The molecule has 0 fully saturated rings. The van der Waals surface area contributed by atoms with Crippen LogP contribution in [0, 0.1) is 6.92 Å². The Balaban J connectivity index is 2.05. The molecule has 3 rings (SSSR count). The second-order valence-electron chi connectivity index (χ2n) is 6.35. The monoisotopic (exact) mass is 329 g/mol. The summed E-state index contributed by atoms with van der Waals surface area (Å²) in [7, 11) is 3.47. The first-order chi connectivity index (χ1) is 11.4. The molecule has 0 bridgehead atoms. The number of aromatic nitrogens is 2. The van der Waals surface area contributed by atoms with Crippen LogP contribution in [0.5, 0.6) is 11.5 Å². The molecule has 0 spiro atoms. The topological polar surface area (TPSA) is 65.4 Å². The lowest BCUT2D eigenvalue weighted by atomic mass is 9.85. The average Bonchev–Trinajstić information content (AvgIpc) is 2.81. The summed E-state index contributed by atoms with van der Waals surface area (Å²) in [6.07, 6.45) is 0.463. The molecule has 0 saturated carbocycles. The van der Waals surface area contributed by atoms with Crippen LogP contribution in [-0.4, -0.2) is 28.9 Å². The Morgan fingerprint density at radius 3 is 2.75 bits per heavy atom. The summed E-state index contributed by atoms with van der Waals surface area (Å²) in [5.74, 6) is 2.12. The molecule has 2 aromatic rings. The van der Waals surface area contributed by atoms with E-state index in [2.05, 4.69) is 10.4 Å². The second-order valence-corrected chi connectivity index (χ2v) is 6.35. The minimum absolute atomic E-state index is 0.00280. The summed E-state index contributed by atoms with van der Waals surface area (Å²) < 4.78 is 13.0. The van der Waals surface area contributed by atoms with Crippen molar-refractivity contribution in [2.24, 2.45) is 7.05 Å². The Kier molecular flexibility index (Phi) is 4.22. The molecular weight excluding hydrogens is 306 g/mol. The van der Waals surface area contributed by atoms with E-state index < -0.39 is 0 Å². The molecule has 1 aromatic carbocycles.